The number of nitrogens with zero attached hydrogens (tertiary/aromatic N) is 5. The summed E-state index contributed by atoms with van der Waals surface area (Å²) in [6, 6.07) is 8.65. The second-order valence-electron chi connectivity index (χ2n) is 8.85. The van der Waals surface area contributed by atoms with E-state index in [2.05, 4.69) is 54.8 Å². The fraction of sp³-hybridized carbons (Fsp3) is 0.565. The Morgan fingerprint density at radius 2 is 1.62 bits per heavy atom. The summed E-state index contributed by atoms with van der Waals surface area (Å²) in [6.45, 7) is 4.52. The Morgan fingerprint density at radius 1 is 0.969 bits per heavy atom. The van der Waals surface area contributed by atoms with Gasteiger partial charge in [0, 0.05) is 30.5 Å². The van der Waals surface area contributed by atoms with Crippen molar-refractivity contribution in [1.82, 2.24) is 20.1 Å². The lowest BCUT2D eigenvalue weighted by atomic mass is 9.93. The molecule has 1 aromatic carbocycles. The van der Waals surface area contributed by atoms with Crippen molar-refractivity contribution in [3.05, 3.63) is 30.0 Å². The van der Waals surface area contributed by atoms with Gasteiger partial charge in [-0.15, -0.1) is 10.2 Å². The molecule has 2 aromatic rings. The second kappa shape index (κ2) is 10.6. The van der Waals surface area contributed by atoms with Gasteiger partial charge in [-0.25, -0.2) is 0 Å². The van der Waals surface area contributed by atoms with E-state index in [-0.39, 0.29) is 5.69 Å². The molecular weight excluding hydrogens is 404 g/mol. The maximum atomic E-state index is 11.7. The van der Waals surface area contributed by atoms with E-state index in [1.165, 1.54) is 50.9 Å². The Bertz CT molecular complexity index is 887. The van der Waals surface area contributed by atoms with Crippen molar-refractivity contribution in [3.63, 3.8) is 0 Å². The molecule has 1 saturated heterocycles. The van der Waals surface area contributed by atoms with E-state index in [9.17, 15) is 4.79 Å². The van der Waals surface area contributed by atoms with Crippen LogP contribution in [0.15, 0.2) is 24.3 Å². The van der Waals surface area contributed by atoms with Crippen LogP contribution in [0.1, 0.15) is 55.4 Å². The standard InChI is InChI=1S/C23H34N8O/c1-30-13-2-4-15-31(16-5-3-14-30)19-11-9-18(10-12-19)26-23-27-22(25-17-7-6-8-17)20(21(24)32)28-29-23/h9-12,17H,2-8,13-16H2,1H3,(H2,24,32)(H2,25,26,27,29). The molecule has 0 radical (unpaired) electrons. The first-order valence-electron chi connectivity index (χ1n) is 11.7. The fourth-order valence-corrected chi connectivity index (χ4v) is 4.13. The number of carbonyl (C=O) groups is 1. The van der Waals surface area contributed by atoms with Gasteiger partial charge in [0.2, 0.25) is 5.95 Å². The molecule has 172 valence electrons. The summed E-state index contributed by atoms with van der Waals surface area (Å²) in [5, 5.41) is 14.5. The van der Waals surface area contributed by atoms with Gasteiger partial charge in [0.05, 0.1) is 0 Å². The number of carbonyl (C=O) groups excluding carboxylic acids is 1. The predicted molar refractivity (Wildman–Crippen MR) is 128 cm³/mol. The lowest BCUT2D eigenvalue weighted by Crippen LogP contribution is -2.30. The maximum absolute atomic E-state index is 11.7. The third-order valence-corrected chi connectivity index (χ3v) is 6.29. The molecule has 1 amide bonds. The highest BCUT2D eigenvalue weighted by molar-refractivity contribution is 5.95. The Labute approximate surface area is 189 Å². The first kappa shape index (κ1) is 22.3. The molecule has 2 heterocycles. The summed E-state index contributed by atoms with van der Waals surface area (Å²) in [5.41, 5.74) is 7.62. The SMILES string of the molecule is CN1CCCCN(c2ccc(Nc3nnc(C(N)=O)c(NC4CCC4)n3)cc2)CCCC1. The molecular formula is C23H34N8O. The van der Waals surface area contributed by atoms with Crippen LogP contribution in [0.2, 0.25) is 0 Å². The number of aromatic nitrogens is 3. The Kier molecular flexibility index (Phi) is 7.36. The summed E-state index contributed by atoms with van der Waals surface area (Å²) >= 11 is 0. The molecule has 1 saturated carbocycles. The topological polar surface area (TPSA) is 112 Å². The van der Waals surface area contributed by atoms with Crippen LogP contribution in [0, 0.1) is 0 Å². The average Bonchev–Trinajstić information content (AvgIpc) is 2.76. The quantitative estimate of drug-likeness (QED) is 0.631. The van der Waals surface area contributed by atoms with E-state index in [1.54, 1.807) is 0 Å². The van der Waals surface area contributed by atoms with Crippen LogP contribution in [0.5, 0.6) is 0 Å². The number of hydrogen-bond donors (Lipinski definition) is 3. The van der Waals surface area contributed by atoms with Crippen molar-refractivity contribution in [2.75, 3.05) is 48.8 Å². The van der Waals surface area contributed by atoms with Crippen molar-refractivity contribution >= 4 is 29.0 Å². The number of hydrogen-bond acceptors (Lipinski definition) is 8. The zero-order chi connectivity index (χ0) is 22.3. The van der Waals surface area contributed by atoms with E-state index >= 15 is 0 Å². The molecule has 0 bridgehead atoms. The summed E-state index contributed by atoms with van der Waals surface area (Å²) in [7, 11) is 2.22. The van der Waals surface area contributed by atoms with E-state index in [1.807, 2.05) is 12.1 Å². The van der Waals surface area contributed by atoms with Crippen molar-refractivity contribution < 1.29 is 4.79 Å². The van der Waals surface area contributed by atoms with E-state index in [4.69, 9.17) is 5.73 Å². The van der Waals surface area contributed by atoms with Gasteiger partial charge in [0.15, 0.2) is 11.5 Å². The number of rotatable bonds is 6. The molecule has 2 fully saturated rings. The molecule has 1 aromatic heterocycles. The maximum Gasteiger partial charge on any atom is 0.273 e. The third kappa shape index (κ3) is 5.85. The molecule has 0 spiro atoms. The van der Waals surface area contributed by atoms with E-state index in [0.29, 0.717) is 17.8 Å². The Balaban J connectivity index is 1.41. The first-order chi connectivity index (χ1) is 15.6. The summed E-state index contributed by atoms with van der Waals surface area (Å²) < 4.78 is 0. The number of nitrogens with one attached hydrogen (secondary N) is 2. The van der Waals surface area contributed by atoms with Crippen molar-refractivity contribution in [2.24, 2.45) is 5.73 Å². The summed E-state index contributed by atoms with van der Waals surface area (Å²) in [6.07, 6.45) is 8.15. The zero-order valence-corrected chi connectivity index (χ0v) is 18.9. The first-order valence-corrected chi connectivity index (χ1v) is 11.7. The molecule has 2 aliphatic rings. The van der Waals surface area contributed by atoms with Gasteiger partial charge in [-0.3, -0.25) is 4.79 Å². The van der Waals surface area contributed by atoms with Crippen LogP contribution in [-0.4, -0.2) is 65.3 Å². The summed E-state index contributed by atoms with van der Waals surface area (Å²) in [4.78, 5) is 21.1. The predicted octanol–water partition coefficient (Wildman–Crippen LogP) is 2.99. The monoisotopic (exact) mass is 438 g/mol. The third-order valence-electron chi connectivity index (χ3n) is 6.29. The van der Waals surface area contributed by atoms with Gasteiger partial charge in [0.25, 0.3) is 5.91 Å². The lowest BCUT2D eigenvalue weighted by Gasteiger charge is -2.28. The highest BCUT2D eigenvalue weighted by Crippen LogP contribution is 2.25. The molecule has 9 heteroatoms. The minimum absolute atomic E-state index is 0.0767. The lowest BCUT2D eigenvalue weighted by molar-refractivity contribution is 0.0995. The average molecular weight is 439 g/mol. The van der Waals surface area contributed by atoms with Crippen molar-refractivity contribution in [2.45, 2.75) is 51.0 Å². The second-order valence-corrected chi connectivity index (χ2v) is 8.85. The zero-order valence-electron chi connectivity index (χ0n) is 18.9. The van der Waals surface area contributed by atoms with Crippen LogP contribution in [0.3, 0.4) is 0 Å². The molecule has 1 aliphatic heterocycles. The minimum atomic E-state index is -0.630. The number of benzene rings is 1. The van der Waals surface area contributed by atoms with Crippen molar-refractivity contribution in [3.8, 4) is 0 Å². The van der Waals surface area contributed by atoms with Gasteiger partial charge >= 0.3 is 0 Å². The number of anilines is 4. The molecule has 0 atom stereocenters. The van der Waals surface area contributed by atoms with Gasteiger partial charge in [-0.2, -0.15) is 4.98 Å². The van der Waals surface area contributed by atoms with Gasteiger partial charge in [-0.1, -0.05) is 0 Å². The molecule has 4 rings (SSSR count). The molecule has 9 nitrogen and oxygen atoms in total. The Hall–Kier alpha value is -2.94. The van der Waals surface area contributed by atoms with Crippen LogP contribution in [0.4, 0.5) is 23.1 Å². The number of nitrogens with two attached hydrogens (primary N) is 1. The largest absolute Gasteiger partial charge is 0.372 e. The van der Waals surface area contributed by atoms with Gasteiger partial charge < -0.3 is 26.2 Å². The summed E-state index contributed by atoms with van der Waals surface area (Å²) in [5.74, 6) is 0.108. The highest BCUT2D eigenvalue weighted by Gasteiger charge is 2.22. The van der Waals surface area contributed by atoms with E-state index < -0.39 is 5.91 Å². The van der Waals surface area contributed by atoms with Gasteiger partial charge in [0.1, 0.15) is 0 Å². The minimum Gasteiger partial charge on any atom is -0.372 e. The molecule has 4 N–H and O–H groups in total. The normalized spacial score (nSPS) is 18.6. The number of amides is 1. The van der Waals surface area contributed by atoms with Crippen LogP contribution in [0.25, 0.3) is 0 Å². The molecule has 1 aliphatic carbocycles. The van der Waals surface area contributed by atoms with Crippen molar-refractivity contribution in [1.29, 1.82) is 0 Å². The van der Waals surface area contributed by atoms with Crippen LogP contribution < -0.4 is 21.3 Å². The highest BCUT2D eigenvalue weighted by atomic mass is 16.1. The Morgan fingerprint density at radius 3 is 2.22 bits per heavy atom. The van der Waals surface area contributed by atoms with Crippen LogP contribution in [-0.2, 0) is 0 Å². The van der Waals surface area contributed by atoms with Crippen LogP contribution >= 0.6 is 0 Å². The number of primary amides is 1. The smallest absolute Gasteiger partial charge is 0.273 e. The molecule has 32 heavy (non-hydrogen) atoms. The van der Waals surface area contributed by atoms with E-state index in [0.717, 1.165) is 31.6 Å². The fourth-order valence-electron chi connectivity index (χ4n) is 4.13. The van der Waals surface area contributed by atoms with Gasteiger partial charge in [-0.05, 0) is 89.3 Å². The molecule has 0 unspecified atom stereocenters.